The van der Waals surface area contributed by atoms with E-state index in [1.165, 1.54) is 0 Å². The summed E-state index contributed by atoms with van der Waals surface area (Å²) in [6, 6.07) is -0.207. The Morgan fingerprint density at radius 2 is 1.25 bits per heavy atom. The van der Waals surface area contributed by atoms with Crippen molar-refractivity contribution in [3.63, 3.8) is 0 Å². The van der Waals surface area contributed by atoms with E-state index in [0.717, 1.165) is 5.57 Å². The van der Waals surface area contributed by atoms with Crippen LogP contribution < -0.4 is 0 Å². The molecular weight excluding hydrogens is 421 g/mol. The summed E-state index contributed by atoms with van der Waals surface area (Å²) in [6.45, 7) is 28.0. The molecule has 0 saturated carbocycles. The van der Waals surface area contributed by atoms with Crippen molar-refractivity contribution in [1.29, 1.82) is 0 Å². The second-order valence-corrected chi connectivity index (χ2v) is 24.5. The first-order chi connectivity index (χ1) is 12.4. The van der Waals surface area contributed by atoms with E-state index >= 15 is 0 Å². The fourth-order valence-electron chi connectivity index (χ4n) is 3.42. The third kappa shape index (κ3) is 8.22. The van der Waals surface area contributed by atoms with Crippen molar-refractivity contribution in [3.05, 3.63) is 12.2 Å². The van der Waals surface area contributed by atoms with Gasteiger partial charge in [0.05, 0.1) is 18.3 Å². The van der Waals surface area contributed by atoms with E-state index in [4.69, 9.17) is 18.0 Å². The first-order valence-corrected chi connectivity index (χ1v) is 20.8. The van der Waals surface area contributed by atoms with Gasteiger partial charge in [-0.3, -0.25) is 4.74 Å². The van der Waals surface area contributed by atoms with Crippen molar-refractivity contribution in [2.75, 3.05) is 0 Å². The zero-order valence-corrected chi connectivity index (χ0v) is 23.8. The molecular formula is C19H42NO4PSi3. The number of ether oxygens (including phenoxy) is 1. The van der Waals surface area contributed by atoms with E-state index in [1.807, 2.05) is 6.92 Å². The number of hydrogen-bond donors (Lipinski definition) is 0. The molecule has 0 aliphatic carbocycles. The smallest absolute Gasteiger partial charge is 0.184 e. The van der Waals surface area contributed by atoms with Gasteiger partial charge in [-0.1, -0.05) is 12.2 Å². The fraction of sp³-hybridized carbons (Fsp3) is 0.895. The van der Waals surface area contributed by atoms with Crippen molar-refractivity contribution in [3.8, 4) is 0 Å². The second kappa shape index (κ2) is 9.64. The lowest BCUT2D eigenvalue weighted by Crippen LogP contribution is -2.66. The maximum absolute atomic E-state index is 6.74. The summed E-state index contributed by atoms with van der Waals surface area (Å²) in [7, 11) is -2.19. The molecule has 9 heteroatoms. The molecule has 0 aromatic rings. The summed E-state index contributed by atoms with van der Waals surface area (Å²) in [5.41, 5.74) is 0.938. The molecule has 1 rings (SSSR count). The minimum atomic E-state index is -1.88. The van der Waals surface area contributed by atoms with E-state index in [9.17, 15) is 0 Å². The van der Waals surface area contributed by atoms with Gasteiger partial charge in [0.1, 0.15) is 18.2 Å². The van der Waals surface area contributed by atoms with Gasteiger partial charge in [-0.15, -0.1) is 0 Å². The van der Waals surface area contributed by atoms with Crippen LogP contribution in [0.5, 0.6) is 0 Å². The summed E-state index contributed by atoms with van der Waals surface area (Å²) >= 11 is 0. The normalized spacial score (nSPS) is 30.8. The van der Waals surface area contributed by atoms with Gasteiger partial charge in [0, 0.05) is 0 Å². The van der Waals surface area contributed by atoms with Gasteiger partial charge < -0.3 is 18.0 Å². The van der Waals surface area contributed by atoms with Gasteiger partial charge in [0.2, 0.25) is 0 Å². The highest BCUT2D eigenvalue weighted by Gasteiger charge is 2.52. The molecule has 5 nitrogen and oxygen atoms in total. The van der Waals surface area contributed by atoms with E-state index in [-0.39, 0.29) is 36.6 Å². The maximum Gasteiger partial charge on any atom is 0.184 e. The zero-order valence-electron chi connectivity index (χ0n) is 19.8. The van der Waals surface area contributed by atoms with Crippen LogP contribution >= 0.6 is 9.03 Å². The Balaban J connectivity index is 3.46. The molecule has 0 bridgehead atoms. The quantitative estimate of drug-likeness (QED) is 0.250. The monoisotopic (exact) mass is 463 g/mol. The topological polar surface area (TPSA) is 49.3 Å². The highest BCUT2D eigenvalue weighted by molar-refractivity contribution is 7.04. The van der Waals surface area contributed by atoms with Gasteiger partial charge in [-0.25, -0.2) is 0 Å². The molecule has 6 atom stereocenters. The first-order valence-electron chi connectivity index (χ1n) is 10.2. The van der Waals surface area contributed by atoms with Crippen LogP contribution in [-0.4, -0.2) is 61.5 Å². The van der Waals surface area contributed by atoms with Gasteiger partial charge in [0.25, 0.3) is 0 Å². The molecule has 0 N–H and O–H groups in total. The summed E-state index contributed by atoms with van der Waals surface area (Å²) in [5, 5.41) is 0. The van der Waals surface area contributed by atoms with E-state index in [0.29, 0.717) is 0 Å². The van der Waals surface area contributed by atoms with E-state index < -0.39 is 25.0 Å². The van der Waals surface area contributed by atoms with Crippen molar-refractivity contribution >= 4 is 34.0 Å². The van der Waals surface area contributed by atoms with Crippen molar-refractivity contribution in [1.82, 2.24) is 0 Å². The molecule has 1 aliphatic rings. The predicted octanol–water partition coefficient (Wildman–Crippen LogP) is 5.71. The number of hydrogen-bond acceptors (Lipinski definition) is 5. The molecule has 0 aromatic carbocycles. The van der Waals surface area contributed by atoms with Crippen LogP contribution in [0.3, 0.4) is 0 Å². The summed E-state index contributed by atoms with van der Waals surface area (Å²) in [4.78, 5) is 0. The summed E-state index contributed by atoms with van der Waals surface area (Å²) in [5.74, 6) is 0. The van der Waals surface area contributed by atoms with Crippen molar-refractivity contribution < 1.29 is 18.0 Å². The standard InChI is InChI=1S/C19H42NO4PSi3/c1-13(2)15(20-25)17-19(24-28(10,11)12)18(23-27(7,8)9)16(14(3)21-17)22-26(4,5)6/h14-19,25H,1H2,2-12H3/t14-,15-,16+,17-,18-,19+/m1/s1. The maximum atomic E-state index is 6.74. The highest BCUT2D eigenvalue weighted by Crippen LogP contribution is 2.36. The van der Waals surface area contributed by atoms with Crippen LogP contribution in [0.1, 0.15) is 13.8 Å². The molecule has 0 radical (unpaired) electrons. The Morgan fingerprint density at radius 1 is 0.857 bits per heavy atom. The first kappa shape index (κ1) is 26.4. The molecule has 0 amide bonds. The molecule has 0 unspecified atom stereocenters. The summed E-state index contributed by atoms with van der Waals surface area (Å²) in [6.07, 6.45) is -0.974. The molecule has 28 heavy (non-hydrogen) atoms. The molecule has 0 aromatic heterocycles. The molecule has 1 fully saturated rings. The summed E-state index contributed by atoms with van der Waals surface area (Å²) < 4.78 is 30.9. The lowest BCUT2D eigenvalue weighted by molar-refractivity contribution is -0.204. The lowest BCUT2D eigenvalue weighted by atomic mass is 9.90. The number of rotatable bonds is 9. The van der Waals surface area contributed by atoms with Gasteiger partial charge in [-0.2, -0.15) is 0 Å². The Bertz CT molecular complexity index is 557. The lowest BCUT2D eigenvalue weighted by Gasteiger charge is -2.51. The predicted molar refractivity (Wildman–Crippen MR) is 128 cm³/mol. The second-order valence-electron chi connectivity index (χ2n) is 10.8. The molecule has 1 heterocycles. The van der Waals surface area contributed by atoms with Gasteiger partial charge >= 0.3 is 0 Å². The van der Waals surface area contributed by atoms with Crippen LogP contribution in [0, 0.1) is 0 Å². The van der Waals surface area contributed by atoms with Crippen LogP contribution in [0.25, 0.3) is 0 Å². The van der Waals surface area contributed by atoms with Crippen LogP contribution in [0.2, 0.25) is 58.9 Å². The van der Waals surface area contributed by atoms with Crippen LogP contribution in [0.15, 0.2) is 16.9 Å². The minimum absolute atomic E-state index is 0.116. The zero-order chi connectivity index (χ0) is 22.1. The van der Waals surface area contributed by atoms with Crippen molar-refractivity contribution in [2.45, 2.75) is 109 Å². The van der Waals surface area contributed by atoms with Crippen LogP contribution in [-0.2, 0) is 18.0 Å². The Labute approximate surface area is 178 Å². The Kier molecular flexibility index (Phi) is 9.08. The van der Waals surface area contributed by atoms with Gasteiger partial charge in [0.15, 0.2) is 25.0 Å². The molecule has 1 saturated heterocycles. The molecule has 164 valence electrons. The molecule has 0 spiro atoms. The van der Waals surface area contributed by atoms with Gasteiger partial charge in [-0.05, 0) is 81.8 Å². The third-order valence-electron chi connectivity index (χ3n) is 4.23. The minimum Gasteiger partial charge on any atom is -0.409 e. The average Bonchev–Trinajstić information content (AvgIpc) is 2.43. The highest BCUT2D eigenvalue weighted by atomic mass is 31.0. The largest absolute Gasteiger partial charge is 0.409 e. The molecule has 1 aliphatic heterocycles. The van der Waals surface area contributed by atoms with E-state index in [2.05, 4.69) is 86.2 Å². The SMILES string of the molecule is C=C(C)[C@@H](N=P)[C@H]1O[C@H](C)[C@H](O[Si](C)(C)C)[C@@H](O[Si](C)(C)C)[C@H]1O[Si](C)(C)C. The van der Waals surface area contributed by atoms with Crippen molar-refractivity contribution in [2.24, 2.45) is 4.74 Å². The van der Waals surface area contributed by atoms with E-state index in [1.54, 1.807) is 0 Å². The number of nitrogens with zero attached hydrogens (tertiary/aromatic N) is 1. The average molecular weight is 464 g/mol. The Morgan fingerprint density at radius 3 is 1.61 bits per heavy atom. The Hall–Kier alpha value is 0.331. The fourth-order valence-corrected chi connectivity index (χ4v) is 7.10. The third-order valence-corrected chi connectivity index (χ3v) is 7.45. The van der Waals surface area contributed by atoms with Crippen LogP contribution in [0.4, 0.5) is 0 Å².